The zero-order valence-electron chi connectivity index (χ0n) is 21.5. The van der Waals surface area contributed by atoms with Gasteiger partial charge in [-0.05, 0) is 37.5 Å². The molecule has 14 heteroatoms. The summed E-state index contributed by atoms with van der Waals surface area (Å²) < 4.78 is 83.3. The van der Waals surface area contributed by atoms with Crippen molar-refractivity contribution in [3.05, 3.63) is 34.9 Å². The summed E-state index contributed by atoms with van der Waals surface area (Å²) in [4.78, 5) is 22.2. The summed E-state index contributed by atoms with van der Waals surface area (Å²) in [5, 5.41) is 15.7. The van der Waals surface area contributed by atoms with Gasteiger partial charge in [-0.1, -0.05) is 38.5 Å². The molecular weight excluding hydrogens is 534 g/mol. The molecule has 39 heavy (non-hydrogen) atoms. The van der Waals surface area contributed by atoms with Gasteiger partial charge in [0.1, 0.15) is 11.1 Å². The first-order valence-corrected chi connectivity index (χ1v) is 12.9. The third-order valence-electron chi connectivity index (χ3n) is 7.04. The summed E-state index contributed by atoms with van der Waals surface area (Å²) in [5.41, 5.74) is -3.77. The lowest BCUT2D eigenvalue weighted by molar-refractivity contribution is -0.142. The molecule has 8 nitrogen and oxygen atoms in total. The monoisotopic (exact) mass is 566 g/mol. The van der Waals surface area contributed by atoms with E-state index in [9.17, 15) is 35.9 Å². The zero-order valence-corrected chi connectivity index (χ0v) is 21.5. The molecule has 2 fully saturated rings. The first-order chi connectivity index (χ1) is 18.3. The molecule has 0 aromatic carbocycles. The van der Waals surface area contributed by atoms with Crippen LogP contribution in [0.1, 0.15) is 96.3 Å². The lowest BCUT2D eigenvalue weighted by Crippen LogP contribution is -2.16. The highest BCUT2D eigenvalue weighted by molar-refractivity contribution is 5.90. The maximum Gasteiger partial charge on any atom is 0.436 e. The Morgan fingerprint density at radius 3 is 1.51 bits per heavy atom. The van der Waals surface area contributed by atoms with Gasteiger partial charge in [0.05, 0.1) is 7.11 Å². The fourth-order valence-electron chi connectivity index (χ4n) is 5.13. The van der Waals surface area contributed by atoms with Gasteiger partial charge in [0.25, 0.3) is 0 Å². The summed E-state index contributed by atoms with van der Waals surface area (Å²) >= 11 is 0. The Kier molecular flexibility index (Phi) is 10.1. The Balaban J connectivity index is 0.000000216. The molecule has 0 atom stereocenters. The van der Waals surface area contributed by atoms with Gasteiger partial charge in [0.2, 0.25) is 0 Å². The van der Waals surface area contributed by atoms with Crippen LogP contribution in [0.15, 0.2) is 12.4 Å². The maximum absolute atomic E-state index is 12.9. The van der Waals surface area contributed by atoms with Crippen LogP contribution in [0, 0.1) is 11.8 Å². The number of carbonyl (C=O) groups excluding carboxylic acids is 1. The number of nitrogens with zero attached hydrogens (tertiary/aromatic N) is 4. The molecule has 0 saturated heterocycles. The predicted molar refractivity (Wildman–Crippen MR) is 126 cm³/mol. The number of halogens is 6. The van der Waals surface area contributed by atoms with Crippen molar-refractivity contribution in [1.82, 2.24) is 19.6 Å². The van der Waals surface area contributed by atoms with Crippen LogP contribution in [-0.2, 0) is 30.2 Å². The number of hydrogen-bond donors (Lipinski definition) is 1. The Bertz CT molecular complexity index is 1110. The Labute approximate surface area is 221 Å². The minimum Gasteiger partial charge on any atom is -0.478 e. The van der Waals surface area contributed by atoms with Gasteiger partial charge >= 0.3 is 24.3 Å². The lowest BCUT2D eigenvalue weighted by atomic mass is 9.89. The van der Waals surface area contributed by atoms with E-state index < -0.39 is 46.8 Å². The molecule has 0 unspecified atom stereocenters. The summed E-state index contributed by atoms with van der Waals surface area (Å²) in [7, 11) is 1.06. The molecule has 2 aliphatic rings. The van der Waals surface area contributed by atoms with E-state index >= 15 is 0 Å². The van der Waals surface area contributed by atoms with Crippen molar-refractivity contribution in [1.29, 1.82) is 0 Å². The van der Waals surface area contributed by atoms with E-state index in [2.05, 4.69) is 14.9 Å². The second-order valence-electron chi connectivity index (χ2n) is 10.0. The first-order valence-electron chi connectivity index (χ1n) is 12.9. The van der Waals surface area contributed by atoms with Crippen LogP contribution in [0.4, 0.5) is 26.3 Å². The zero-order chi connectivity index (χ0) is 28.8. The van der Waals surface area contributed by atoms with Crippen LogP contribution in [0.5, 0.6) is 0 Å². The van der Waals surface area contributed by atoms with Crippen molar-refractivity contribution in [2.45, 2.75) is 89.7 Å². The highest BCUT2D eigenvalue weighted by atomic mass is 19.4. The van der Waals surface area contributed by atoms with Gasteiger partial charge in [-0.25, -0.2) is 9.59 Å². The molecule has 0 spiro atoms. The maximum atomic E-state index is 12.9. The highest BCUT2D eigenvalue weighted by Crippen LogP contribution is 2.33. The molecule has 0 bridgehead atoms. The molecule has 0 radical (unpaired) electrons. The third-order valence-corrected chi connectivity index (χ3v) is 7.04. The van der Waals surface area contributed by atoms with Gasteiger partial charge < -0.3 is 9.84 Å². The number of carbonyl (C=O) groups is 2. The van der Waals surface area contributed by atoms with Crippen LogP contribution in [0.3, 0.4) is 0 Å². The summed E-state index contributed by atoms with van der Waals surface area (Å²) in [6.45, 7) is 0.774. The molecule has 4 rings (SSSR count). The van der Waals surface area contributed by atoms with Gasteiger partial charge in [-0.3, -0.25) is 9.36 Å². The largest absolute Gasteiger partial charge is 0.478 e. The van der Waals surface area contributed by atoms with Crippen molar-refractivity contribution in [2.75, 3.05) is 7.11 Å². The number of rotatable bonds is 6. The molecule has 1 N–H and O–H groups in total. The van der Waals surface area contributed by atoms with E-state index in [1.54, 1.807) is 0 Å². The van der Waals surface area contributed by atoms with E-state index in [-0.39, 0.29) is 5.92 Å². The lowest BCUT2D eigenvalue weighted by Gasteiger charge is -2.21. The standard InChI is InChI=1S/C13H17F3N2O2.C12H15F3N2O2/c1-20-12(19)10-8-18(17-11(10)13(14,15)16)7-9-5-3-2-4-6-9;13-12(14,15)10-9(11(18)19)7-17(16-10)6-8-4-2-1-3-5-8/h8-9H,2-7H2,1H3;7-8H,1-6H2,(H,18,19). The van der Waals surface area contributed by atoms with Crippen molar-refractivity contribution in [3.63, 3.8) is 0 Å². The molecule has 0 aliphatic heterocycles. The van der Waals surface area contributed by atoms with Crippen LogP contribution < -0.4 is 0 Å². The van der Waals surface area contributed by atoms with Crippen molar-refractivity contribution >= 4 is 11.9 Å². The summed E-state index contributed by atoms with van der Waals surface area (Å²) in [6.07, 6.45) is 3.34. The van der Waals surface area contributed by atoms with Gasteiger partial charge in [-0.15, -0.1) is 0 Å². The minimum absolute atomic E-state index is 0.288. The molecule has 2 aliphatic carbocycles. The molecule has 0 amide bonds. The number of aromatic carboxylic acids is 1. The van der Waals surface area contributed by atoms with Crippen LogP contribution >= 0.6 is 0 Å². The summed E-state index contributed by atoms with van der Waals surface area (Å²) in [5.74, 6) is -1.99. The number of carboxylic acids is 1. The highest BCUT2D eigenvalue weighted by Gasteiger charge is 2.40. The number of esters is 1. The number of carboxylic acid groups (broad SMARTS) is 1. The van der Waals surface area contributed by atoms with E-state index in [4.69, 9.17) is 5.11 Å². The van der Waals surface area contributed by atoms with Gasteiger partial charge in [0, 0.05) is 25.5 Å². The Morgan fingerprint density at radius 2 is 1.18 bits per heavy atom. The number of alkyl halides is 6. The second kappa shape index (κ2) is 12.9. The smallest absolute Gasteiger partial charge is 0.436 e. The fourth-order valence-corrected chi connectivity index (χ4v) is 5.13. The number of aromatic nitrogens is 4. The normalized spacial score (nSPS) is 17.4. The van der Waals surface area contributed by atoms with Crippen molar-refractivity contribution in [3.8, 4) is 0 Å². The second-order valence-corrected chi connectivity index (χ2v) is 10.0. The van der Waals surface area contributed by atoms with E-state index in [0.717, 1.165) is 82.0 Å². The topological polar surface area (TPSA) is 99.2 Å². The fraction of sp³-hybridized carbons (Fsp3) is 0.680. The molecule has 2 saturated carbocycles. The molecule has 2 aromatic heterocycles. The Hall–Kier alpha value is -3.06. The Morgan fingerprint density at radius 1 is 0.795 bits per heavy atom. The molecular formula is C25H32F6N4O4. The van der Waals surface area contributed by atoms with E-state index in [1.165, 1.54) is 11.1 Å². The molecule has 218 valence electrons. The van der Waals surface area contributed by atoms with Crippen molar-refractivity contribution < 1.29 is 45.8 Å². The number of methoxy groups -OCH3 is 1. The predicted octanol–water partition coefficient (Wildman–Crippen LogP) is 6.45. The number of ether oxygens (including phenoxy) is 1. The average molecular weight is 567 g/mol. The SMILES string of the molecule is COC(=O)c1cn(CC2CCCCC2)nc1C(F)(F)F.O=C(O)c1cn(CC2CCCCC2)nc1C(F)(F)F. The average Bonchev–Trinajstić information content (AvgIpc) is 3.50. The van der Waals surface area contributed by atoms with Gasteiger partial charge in [0.15, 0.2) is 11.4 Å². The minimum atomic E-state index is -4.73. The first kappa shape index (κ1) is 30.5. The summed E-state index contributed by atoms with van der Waals surface area (Å²) in [6, 6.07) is 0. The molecule has 2 heterocycles. The van der Waals surface area contributed by atoms with Gasteiger partial charge in [-0.2, -0.15) is 36.5 Å². The molecule has 2 aromatic rings. The van der Waals surface area contributed by atoms with Crippen LogP contribution in [0.25, 0.3) is 0 Å². The van der Waals surface area contributed by atoms with E-state index in [0.29, 0.717) is 19.0 Å². The quantitative estimate of drug-likeness (QED) is 0.319. The van der Waals surface area contributed by atoms with Crippen molar-refractivity contribution in [2.24, 2.45) is 11.8 Å². The third kappa shape index (κ3) is 8.46. The van der Waals surface area contributed by atoms with Crippen LogP contribution in [-0.4, -0.2) is 43.7 Å². The van der Waals surface area contributed by atoms with Crippen LogP contribution in [0.2, 0.25) is 0 Å². The van der Waals surface area contributed by atoms with E-state index in [1.807, 2.05) is 0 Å². The number of hydrogen-bond acceptors (Lipinski definition) is 5.